The van der Waals surface area contributed by atoms with E-state index in [1.807, 2.05) is 24.3 Å². The molecule has 2 heteroatoms. The van der Waals surface area contributed by atoms with Crippen LogP contribution in [0.2, 0.25) is 0 Å². The Morgan fingerprint density at radius 1 is 1.04 bits per heavy atom. The molecule has 0 unspecified atom stereocenters. The second-order valence-electron chi connectivity index (χ2n) is 6.84. The Morgan fingerprint density at radius 3 is 2.39 bits per heavy atom. The fourth-order valence-electron chi connectivity index (χ4n) is 3.20. The molecule has 0 aliphatic heterocycles. The number of H-pyrrole nitrogens is 1. The third-order valence-corrected chi connectivity index (χ3v) is 4.77. The summed E-state index contributed by atoms with van der Waals surface area (Å²) in [5, 5.41) is 1.05. The van der Waals surface area contributed by atoms with Crippen LogP contribution in [-0.2, 0) is 0 Å². The van der Waals surface area contributed by atoms with Crippen molar-refractivity contribution in [1.82, 2.24) is 4.98 Å². The van der Waals surface area contributed by atoms with Crippen LogP contribution in [0.5, 0.6) is 0 Å². The molecule has 0 spiro atoms. The molecule has 1 aliphatic rings. The largest absolute Gasteiger partial charge is 0.354 e. The highest BCUT2D eigenvalue weighted by Crippen LogP contribution is 2.39. The van der Waals surface area contributed by atoms with Crippen molar-refractivity contribution >= 4 is 16.7 Å². The van der Waals surface area contributed by atoms with Gasteiger partial charge in [-0.3, -0.25) is 4.79 Å². The number of carbonyl (C=O) groups excluding carboxylic acids is 1. The van der Waals surface area contributed by atoms with Crippen molar-refractivity contribution in [2.45, 2.75) is 32.6 Å². The number of hydrogen-bond acceptors (Lipinski definition) is 1. The van der Waals surface area contributed by atoms with Crippen LogP contribution in [0.3, 0.4) is 0 Å². The van der Waals surface area contributed by atoms with Crippen molar-refractivity contribution in [3.63, 3.8) is 0 Å². The number of ketones is 1. The second-order valence-corrected chi connectivity index (χ2v) is 6.84. The standard InChI is InChI=1S/C21H21NO/c1-13(2)14-7-9-15(10-8-14)20-19(21(23)16-11-12-16)17-5-3-4-6-18(17)22-20/h3-10,13,16,22H,11-12H2,1-2H3. The van der Waals surface area contributed by atoms with Gasteiger partial charge >= 0.3 is 0 Å². The number of Topliss-reactive ketones (excluding diaryl/α,β-unsaturated/α-hetero) is 1. The molecule has 2 nitrogen and oxygen atoms in total. The van der Waals surface area contributed by atoms with E-state index < -0.39 is 0 Å². The van der Waals surface area contributed by atoms with Gasteiger partial charge in [0.2, 0.25) is 0 Å². The Hall–Kier alpha value is -2.35. The molecule has 0 bridgehead atoms. The second kappa shape index (κ2) is 5.38. The maximum Gasteiger partial charge on any atom is 0.168 e. The SMILES string of the molecule is CC(C)c1ccc(-c2[nH]c3ccccc3c2C(=O)C2CC2)cc1. The van der Waals surface area contributed by atoms with E-state index in [4.69, 9.17) is 0 Å². The molecule has 4 rings (SSSR count). The fraction of sp³-hybridized carbons (Fsp3) is 0.286. The third-order valence-electron chi connectivity index (χ3n) is 4.77. The summed E-state index contributed by atoms with van der Waals surface area (Å²) in [5.74, 6) is 1.03. The van der Waals surface area contributed by atoms with Gasteiger partial charge in [-0.05, 0) is 36.0 Å². The molecule has 3 aromatic rings. The summed E-state index contributed by atoms with van der Waals surface area (Å²) < 4.78 is 0. The van der Waals surface area contributed by atoms with Crippen molar-refractivity contribution in [2.75, 3.05) is 0 Å². The van der Waals surface area contributed by atoms with E-state index >= 15 is 0 Å². The van der Waals surface area contributed by atoms with Crippen LogP contribution >= 0.6 is 0 Å². The summed E-state index contributed by atoms with van der Waals surface area (Å²) in [4.78, 5) is 16.3. The number of aromatic amines is 1. The van der Waals surface area contributed by atoms with E-state index in [1.54, 1.807) is 0 Å². The highest BCUT2D eigenvalue weighted by atomic mass is 16.1. The number of aromatic nitrogens is 1. The molecule has 0 saturated heterocycles. The monoisotopic (exact) mass is 303 g/mol. The van der Waals surface area contributed by atoms with E-state index in [1.165, 1.54) is 5.56 Å². The van der Waals surface area contributed by atoms with Crippen LogP contribution in [0.1, 0.15) is 48.5 Å². The normalized spacial score (nSPS) is 14.6. The minimum absolute atomic E-state index is 0.225. The van der Waals surface area contributed by atoms with Crippen LogP contribution in [-0.4, -0.2) is 10.8 Å². The summed E-state index contributed by atoms with van der Waals surface area (Å²) >= 11 is 0. The molecular formula is C21H21NO. The molecule has 1 fully saturated rings. The van der Waals surface area contributed by atoms with Gasteiger partial charge in [-0.1, -0.05) is 56.3 Å². The van der Waals surface area contributed by atoms with E-state index in [9.17, 15) is 4.79 Å². The van der Waals surface area contributed by atoms with Crippen molar-refractivity contribution in [1.29, 1.82) is 0 Å². The number of hydrogen-bond donors (Lipinski definition) is 1. The van der Waals surface area contributed by atoms with Crippen LogP contribution < -0.4 is 0 Å². The van der Waals surface area contributed by atoms with Crippen molar-refractivity contribution < 1.29 is 4.79 Å². The van der Waals surface area contributed by atoms with E-state index in [-0.39, 0.29) is 5.92 Å². The number of nitrogens with one attached hydrogen (secondary N) is 1. The van der Waals surface area contributed by atoms with E-state index in [0.29, 0.717) is 11.7 Å². The predicted octanol–water partition coefficient (Wildman–Crippen LogP) is 5.55. The zero-order valence-corrected chi connectivity index (χ0v) is 13.6. The summed E-state index contributed by atoms with van der Waals surface area (Å²) in [6, 6.07) is 16.7. The Morgan fingerprint density at radius 2 is 1.74 bits per heavy atom. The molecule has 116 valence electrons. The Labute approximate surface area is 136 Å². The first-order valence-electron chi connectivity index (χ1n) is 8.40. The highest BCUT2D eigenvalue weighted by molar-refractivity contribution is 6.14. The summed E-state index contributed by atoms with van der Waals surface area (Å²) in [5.41, 5.74) is 5.30. The number of benzene rings is 2. The molecule has 23 heavy (non-hydrogen) atoms. The van der Waals surface area contributed by atoms with Gasteiger partial charge in [0.1, 0.15) is 0 Å². The molecule has 1 aliphatic carbocycles. The van der Waals surface area contributed by atoms with Crippen LogP contribution in [0.15, 0.2) is 48.5 Å². The minimum Gasteiger partial charge on any atom is -0.354 e. The Bertz CT molecular complexity index is 866. The predicted molar refractivity (Wildman–Crippen MR) is 94.9 cm³/mol. The van der Waals surface area contributed by atoms with Crippen molar-refractivity contribution in [2.24, 2.45) is 5.92 Å². The van der Waals surface area contributed by atoms with Gasteiger partial charge in [-0.15, -0.1) is 0 Å². The zero-order valence-electron chi connectivity index (χ0n) is 13.6. The lowest BCUT2D eigenvalue weighted by molar-refractivity contribution is 0.0970. The fourth-order valence-corrected chi connectivity index (χ4v) is 3.20. The lowest BCUT2D eigenvalue weighted by Crippen LogP contribution is -2.02. The minimum atomic E-state index is 0.225. The van der Waals surface area contributed by atoms with Gasteiger partial charge in [0.05, 0.1) is 11.3 Å². The topological polar surface area (TPSA) is 32.9 Å². The van der Waals surface area contributed by atoms with Gasteiger partial charge in [0.25, 0.3) is 0 Å². The van der Waals surface area contributed by atoms with E-state index in [0.717, 1.165) is 40.6 Å². The average Bonchev–Trinajstić information content (AvgIpc) is 3.34. The number of carbonyl (C=O) groups is 1. The Kier molecular flexibility index (Phi) is 3.33. The van der Waals surface area contributed by atoms with E-state index in [2.05, 4.69) is 43.1 Å². The van der Waals surface area contributed by atoms with Gasteiger partial charge in [0.15, 0.2) is 5.78 Å². The maximum atomic E-state index is 12.8. The molecular weight excluding hydrogens is 282 g/mol. The lowest BCUT2D eigenvalue weighted by atomic mass is 9.97. The zero-order chi connectivity index (χ0) is 16.0. The Balaban J connectivity index is 1.88. The molecule has 0 amide bonds. The maximum absolute atomic E-state index is 12.8. The molecule has 1 N–H and O–H groups in total. The lowest BCUT2D eigenvalue weighted by Gasteiger charge is -2.08. The van der Waals surface area contributed by atoms with Gasteiger partial charge in [0, 0.05) is 16.8 Å². The molecule has 2 aromatic carbocycles. The quantitative estimate of drug-likeness (QED) is 0.630. The summed E-state index contributed by atoms with van der Waals surface area (Å²) in [6.45, 7) is 4.39. The van der Waals surface area contributed by atoms with Gasteiger partial charge in [-0.2, -0.15) is 0 Å². The highest BCUT2D eigenvalue weighted by Gasteiger charge is 2.33. The van der Waals surface area contributed by atoms with Crippen LogP contribution in [0, 0.1) is 5.92 Å². The summed E-state index contributed by atoms with van der Waals surface area (Å²) in [7, 11) is 0. The molecule has 1 saturated carbocycles. The van der Waals surface area contributed by atoms with Crippen LogP contribution in [0.25, 0.3) is 22.2 Å². The van der Waals surface area contributed by atoms with Gasteiger partial charge < -0.3 is 4.98 Å². The number of rotatable bonds is 4. The number of para-hydroxylation sites is 1. The van der Waals surface area contributed by atoms with Crippen molar-refractivity contribution in [3.05, 3.63) is 59.7 Å². The molecule has 0 radical (unpaired) electrons. The average molecular weight is 303 g/mol. The van der Waals surface area contributed by atoms with Gasteiger partial charge in [-0.25, -0.2) is 0 Å². The van der Waals surface area contributed by atoms with Crippen LogP contribution in [0.4, 0.5) is 0 Å². The molecule has 0 atom stereocenters. The smallest absolute Gasteiger partial charge is 0.168 e. The first-order chi connectivity index (χ1) is 11.1. The third kappa shape index (κ3) is 2.48. The summed E-state index contributed by atoms with van der Waals surface area (Å²) in [6.07, 6.45) is 2.06. The number of fused-ring (bicyclic) bond motifs is 1. The molecule has 1 heterocycles. The molecule has 1 aromatic heterocycles. The first kappa shape index (κ1) is 14.3. The van der Waals surface area contributed by atoms with Crippen molar-refractivity contribution in [3.8, 4) is 11.3 Å². The first-order valence-corrected chi connectivity index (χ1v) is 8.40.